The molecular formula is C18H18BrNO. The zero-order chi connectivity index (χ0) is 14.8. The molecule has 0 radical (unpaired) electrons. The third-order valence-corrected chi connectivity index (χ3v) is 4.59. The van der Waals surface area contributed by atoms with Gasteiger partial charge in [-0.3, -0.25) is 4.79 Å². The Labute approximate surface area is 133 Å². The topological polar surface area (TPSA) is 20.3 Å². The van der Waals surface area contributed by atoms with Gasteiger partial charge in [0.1, 0.15) is 0 Å². The summed E-state index contributed by atoms with van der Waals surface area (Å²) < 4.78 is 1.02. The number of halogens is 1. The van der Waals surface area contributed by atoms with Gasteiger partial charge in [-0.15, -0.1) is 0 Å². The molecule has 0 aromatic heterocycles. The van der Waals surface area contributed by atoms with Gasteiger partial charge in [-0.05, 0) is 49.1 Å². The maximum absolute atomic E-state index is 11.9. The van der Waals surface area contributed by atoms with Gasteiger partial charge >= 0.3 is 0 Å². The van der Waals surface area contributed by atoms with Gasteiger partial charge in [-0.25, -0.2) is 0 Å². The van der Waals surface area contributed by atoms with Gasteiger partial charge in [0.2, 0.25) is 0 Å². The van der Waals surface area contributed by atoms with Crippen LogP contribution in [-0.4, -0.2) is 18.9 Å². The van der Waals surface area contributed by atoms with Crippen LogP contribution in [0.1, 0.15) is 28.4 Å². The van der Waals surface area contributed by atoms with Crippen LogP contribution in [0, 0.1) is 0 Å². The lowest BCUT2D eigenvalue weighted by Gasteiger charge is -2.25. The van der Waals surface area contributed by atoms with E-state index < -0.39 is 0 Å². The van der Waals surface area contributed by atoms with E-state index in [1.54, 1.807) is 6.92 Å². The number of ketones is 1. The maximum Gasteiger partial charge on any atom is 0.161 e. The van der Waals surface area contributed by atoms with Crippen molar-refractivity contribution < 1.29 is 4.79 Å². The fourth-order valence-corrected chi connectivity index (χ4v) is 3.32. The Bertz CT molecular complexity index is 654. The van der Waals surface area contributed by atoms with Crippen molar-refractivity contribution in [2.24, 2.45) is 0 Å². The summed E-state index contributed by atoms with van der Waals surface area (Å²) >= 11 is 3.52. The van der Waals surface area contributed by atoms with Crippen molar-refractivity contribution >= 4 is 27.4 Å². The van der Waals surface area contributed by atoms with E-state index in [4.69, 9.17) is 0 Å². The number of rotatable bonds is 2. The first-order valence-electron chi connectivity index (χ1n) is 7.27. The Morgan fingerprint density at radius 1 is 1.05 bits per heavy atom. The van der Waals surface area contributed by atoms with Crippen LogP contribution in [0.4, 0.5) is 5.69 Å². The molecule has 0 saturated heterocycles. The molecule has 3 heteroatoms. The summed E-state index contributed by atoms with van der Waals surface area (Å²) in [6, 6.07) is 14.6. The van der Waals surface area contributed by atoms with Crippen LogP contribution in [0.25, 0.3) is 0 Å². The second-order valence-electron chi connectivity index (χ2n) is 5.47. The predicted molar refractivity (Wildman–Crippen MR) is 90.2 cm³/mol. The largest absolute Gasteiger partial charge is 0.370 e. The lowest BCUT2D eigenvalue weighted by molar-refractivity contribution is 0.101. The minimum Gasteiger partial charge on any atom is -0.370 e. The molecule has 0 atom stereocenters. The number of carbonyl (C=O) groups excluding carboxylic acids is 1. The molecule has 3 rings (SSSR count). The average molecular weight is 344 g/mol. The van der Waals surface area contributed by atoms with Crippen molar-refractivity contribution in [3.63, 3.8) is 0 Å². The van der Waals surface area contributed by atoms with Crippen molar-refractivity contribution in [3.8, 4) is 0 Å². The van der Waals surface area contributed by atoms with E-state index in [1.807, 2.05) is 12.1 Å². The van der Waals surface area contributed by atoms with Crippen LogP contribution >= 0.6 is 15.9 Å². The molecule has 0 unspecified atom stereocenters. The molecule has 108 valence electrons. The normalized spacial score (nSPS) is 14.5. The van der Waals surface area contributed by atoms with Crippen LogP contribution in [0.2, 0.25) is 0 Å². The van der Waals surface area contributed by atoms with Crippen molar-refractivity contribution in [3.05, 3.63) is 63.6 Å². The number of benzene rings is 2. The summed E-state index contributed by atoms with van der Waals surface area (Å²) in [6.45, 7) is 3.54. The third kappa shape index (κ3) is 3.03. The summed E-state index contributed by atoms with van der Waals surface area (Å²) in [6.07, 6.45) is 2.06. The molecule has 0 N–H and O–H groups in total. The molecule has 0 spiro atoms. The molecule has 2 aromatic rings. The number of anilines is 1. The first-order valence-corrected chi connectivity index (χ1v) is 8.06. The molecule has 0 fully saturated rings. The monoisotopic (exact) mass is 343 g/mol. The first kappa shape index (κ1) is 14.3. The molecule has 0 bridgehead atoms. The second-order valence-corrected chi connectivity index (χ2v) is 6.39. The third-order valence-electron chi connectivity index (χ3n) is 4.10. The van der Waals surface area contributed by atoms with E-state index in [-0.39, 0.29) is 5.78 Å². The Kier molecular flexibility index (Phi) is 4.11. The zero-order valence-electron chi connectivity index (χ0n) is 12.1. The van der Waals surface area contributed by atoms with Gasteiger partial charge in [0, 0.05) is 28.8 Å². The van der Waals surface area contributed by atoms with Gasteiger partial charge in [0.15, 0.2) is 5.78 Å². The predicted octanol–water partition coefficient (Wildman–Crippen LogP) is 4.26. The number of Topliss-reactive ketones (excluding diaryl/α,β-unsaturated/α-hetero) is 1. The number of fused-ring (bicyclic) bond motifs is 1. The second kappa shape index (κ2) is 6.02. The minimum absolute atomic E-state index is 0.124. The molecular weight excluding hydrogens is 326 g/mol. The molecule has 2 nitrogen and oxygen atoms in total. The summed E-state index contributed by atoms with van der Waals surface area (Å²) in [4.78, 5) is 14.2. The van der Waals surface area contributed by atoms with Crippen molar-refractivity contribution in [2.75, 3.05) is 18.0 Å². The van der Waals surface area contributed by atoms with Gasteiger partial charge in [-0.1, -0.05) is 40.2 Å². The number of carbonyl (C=O) groups is 1. The van der Waals surface area contributed by atoms with Crippen LogP contribution in [0.15, 0.2) is 46.9 Å². The van der Waals surface area contributed by atoms with Crippen molar-refractivity contribution in [1.29, 1.82) is 0 Å². The Hall–Kier alpha value is -1.61. The van der Waals surface area contributed by atoms with E-state index in [2.05, 4.69) is 51.2 Å². The zero-order valence-corrected chi connectivity index (χ0v) is 13.7. The highest BCUT2D eigenvalue weighted by Gasteiger charge is 2.18. The van der Waals surface area contributed by atoms with Gasteiger partial charge in [0.05, 0.1) is 0 Å². The highest BCUT2D eigenvalue weighted by atomic mass is 79.9. The molecule has 2 aromatic carbocycles. The fraction of sp³-hybridized carbons (Fsp3) is 0.278. The Morgan fingerprint density at radius 2 is 1.67 bits per heavy atom. The summed E-state index contributed by atoms with van der Waals surface area (Å²) in [5.74, 6) is 0.124. The SMILES string of the molecule is CC(=O)c1ccc(Br)cc1N1CCc2ccccc2CC1. The van der Waals surface area contributed by atoms with Crippen LogP contribution in [0.5, 0.6) is 0 Å². The Balaban J connectivity index is 1.93. The van der Waals surface area contributed by atoms with E-state index in [1.165, 1.54) is 11.1 Å². The lowest BCUT2D eigenvalue weighted by atomic mass is 10.0. The minimum atomic E-state index is 0.124. The highest BCUT2D eigenvalue weighted by Crippen LogP contribution is 2.28. The van der Waals surface area contributed by atoms with E-state index >= 15 is 0 Å². The summed E-state index contributed by atoms with van der Waals surface area (Å²) in [7, 11) is 0. The quantitative estimate of drug-likeness (QED) is 0.759. The summed E-state index contributed by atoms with van der Waals surface area (Å²) in [5, 5.41) is 0. The standard InChI is InChI=1S/C18H18BrNO/c1-13(21)17-7-6-16(19)12-18(17)20-10-8-14-4-2-3-5-15(14)9-11-20/h2-7,12H,8-11H2,1H3. The molecule has 1 heterocycles. The fourth-order valence-electron chi connectivity index (χ4n) is 2.97. The van der Waals surface area contributed by atoms with Gasteiger partial charge in [-0.2, -0.15) is 0 Å². The first-order chi connectivity index (χ1) is 10.1. The molecule has 1 aliphatic rings. The van der Waals surface area contributed by atoms with Gasteiger partial charge in [0.25, 0.3) is 0 Å². The number of hydrogen-bond acceptors (Lipinski definition) is 2. The number of nitrogens with zero attached hydrogens (tertiary/aromatic N) is 1. The summed E-state index contributed by atoms with van der Waals surface area (Å²) in [5.41, 5.74) is 4.72. The van der Waals surface area contributed by atoms with E-state index in [0.29, 0.717) is 0 Å². The smallest absolute Gasteiger partial charge is 0.161 e. The highest BCUT2D eigenvalue weighted by molar-refractivity contribution is 9.10. The van der Waals surface area contributed by atoms with Crippen molar-refractivity contribution in [2.45, 2.75) is 19.8 Å². The number of hydrogen-bond donors (Lipinski definition) is 0. The molecule has 0 saturated carbocycles. The van der Waals surface area contributed by atoms with E-state index in [0.717, 1.165) is 41.7 Å². The van der Waals surface area contributed by atoms with E-state index in [9.17, 15) is 4.79 Å². The van der Waals surface area contributed by atoms with Gasteiger partial charge < -0.3 is 4.90 Å². The lowest BCUT2D eigenvalue weighted by Crippen LogP contribution is -2.27. The van der Waals surface area contributed by atoms with Crippen LogP contribution in [0.3, 0.4) is 0 Å². The molecule has 0 amide bonds. The van der Waals surface area contributed by atoms with Crippen LogP contribution in [-0.2, 0) is 12.8 Å². The molecule has 21 heavy (non-hydrogen) atoms. The Morgan fingerprint density at radius 3 is 2.24 bits per heavy atom. The molecule has 0 aliphatic carbocycles. The van der Waals surface area contributed by atoms with Crippen molar-refractivity contribution in [1.82, 2.24) is 0 Å². The molecule has 1 aliphatic heterocycles. The maximum atomic E-state index is 11.9. The average Bonchev–Trinajstić information content (AvgIpc) is 2.69. The van der Waals surface area contributed by atoms with Crippen LogP contribution < -0.4 is 4.90 Å².